The number of hydrogen-bond donors (Lipinski definition) is 2. The average Bonchev–Trinajstić information content (AvgIpc) is 2.58. The number of aliphatic hydroxyl groups excluding tert-OH is 1. The molecule has 2 atom stereocenters. The van der Waals surface area contributed by atoms with Gasteiger partial charge in [0, 0.05) is 19.5 Å². The van der Waals surface area contributed by atoms with Crippen LogP contribution in [0.15, 0.2) is 24.3 Å². The largest absolute Gasteiger partial charge is 0.481 e. The Bertz CT molecular complexity index is 604. The maximum Gasteiger partial charge on any atom is 0.312 e. The van der Waals surface area contributed by atoms with Gasteiger partial charge in [-0.05, 0) is 43.4 Å². The molecule has 1 heterocycles. The second-order valence-electron chi connectivity index (χ2n) is 6.80. The summed E-state index contributed by atoms with van der Waals surface area (Å²) >= 11 is 0. The molecule has 1 aromatic carbocycles. The second kappa shape index (κ2) is 8.43. The van der Waals surface area contributed by atoms with Crippen LogP contribution in [-0.4, -0.2) is 46.2 Å². The van der Waals surface area contributed by atoms with Gasteiger partial charge < -0.3 is 15.1 Å². The molecule has 1 aliphatic heterocycles. The lowest BCUT2D eigenvalue weighted by atomic mass is 9.72. The highest BCUT2D eigenvalue weighted by molar-refractivity contribution is 5.79. The predicted molar refractivity (Wildman–Crippen MR) is 91.5 cm³/mol. The van der Waals surface area contributed by atoms with Crippen molar-refractivity contribution < 1.29 is 24.2 Å². The van der Waals surface area contributed by atoms with Crippen molar-refractivity contribution in [2.45, 2.75) is 51.6 Å². The van der Waals surface area contributed by atoms with Crippen LogP contribution in [0.1, 0.15) is 44.6 Å². The molecule has 2 N–H and O–H groups in total. The number of amides is 1. The van der Waals surface area contributed by atoms with E-state index in [1.54, 1.807) is 17.0 Å². The summed E-state index contributed by atoms with van der Waals surface area (Å²) < 4.78 is 12.9. The molecule has 0 spiro atoms. The maximum atomic E-state index is 12.9. The van der Waals surface area contributed by atoms with Crippen LogP contribution in [-0.2, 0) is 16.0 Å². The normalized spacial score (nSPS) is 23.5. The lowest BCUT2D eigenvalue weighted by molar-refractivity contribution is -0.167. The summed E-state index contributed by atoms with van der Waals surface area (Å²) in [6.45, 7) is 2.32. The van der Waals surface area contributed by atoms with Crippen molar-refractivity contribution in [2.24, 2.45) is 5.41 Å². The molecule has 138 valence electrons. The predicted octanol–water partition coefficient (Wildman–Crippen LogP) is 2.61. The number of carboxylic acid groups (broad SMARTS) is 1. The summed E-state index contributed by atoms with van der Waals surface area (Å²) in [5, 5.41) is 19.9. The number of piperidine rings is 1. The van der Waals surface area contributed by atoms with Gasteiger partial charge in [0.05, 0.1) is 11.5 Å². The first-order chi connectivity index (χ1) is 11.9. The Hall–Kier alpha value is -1.95. The number of benzene rings is 1. The molecule has 1 aromatic rings. The fourth-order valence-corrected chi connectivity index (χ4v) is 3.55. The van der Waals surface area contributed by atoms with Crippen molar-refractivity contribution in [3.63, 3.8) is 0 Å². The maximum absolute atomic E-state index is 12.9. The first-order valence-electron chi connectivity index (χ1n) is 8.82. The molecule has 0 aliphatic carbocycles. The first kappa shape index (κ1) is 19.4. The van der Waals surface area contributed by atoms with E-state index in [9.17, 15) is 24.2 Å². The van der Waals surface area contributed by atoms with Gasteiger partial charge in [-0.15, -0.1) is 0 Å². The van der Waals surface area contributed by atoms with Crippen molar-refractivity contribution in [3.8, 4) is 0 Å². The Morgan fingerprint density at radius 2 is 2.00 bits per heavy atom. The molecule has 0 radical (unpaired) electrons. The number of aliphatic carboxylic acids is 1. The van der Waals surface area contributed by atoms with E-state index in [1.807, 2.05) is 6.92 Å². The van der Waals surface area contributed by atoms with Crippen LogP contribution in [0.4, 0.5) is 4.39 Å². The van der Waals surface area contributed by atoms with E-state index in [2.05, 4.69) is 0 Å². The summed E-state index contributed by atoms with van der Waals surface area (Å²) in [4.78, 5) is 25.5. The van der Waals surface area contributed by atoms with E-state index in [4.69, 9.17) is 0 Å². The number of nitrogens with zero attached hydrogens (tertiary/aromatic N) is 1. The minimum Gasteiger partial charge on any atom is -0.481 e. The second-order valence-corrected chi connectivity index (χ2v) is 6.80. The highest BCUT2D eigenvalue weighted by Crippen LogP contribution is 2.37. The molecule has 6 heteroatoms. The lowest BCUT2D eigenvalue weighted by Gasteiger charge is -2.42. The zero-order valence-electron chi connectivity index (χ0n) is 14.6. The van der Waals surface area contributed by atoms with Gasteiger partial charge >= 0.3 is 5.97 Å². The summed E-state index contributed by atoms with van der Waals surface area (Å²) in [7, 11) is 0. The van der Waals surface area contributed by atoms with Gasteiger partial charge in [0.1, 0.15) is 5.82 Å². The molecule has 25 heavy (non-hydrogen) atoms. The van der Waals surface area contributed by atoms with Crippen molar-refractivity contribution in [1.29, 1.82) is 0 Å². The third kappa shape index (κ3) is 4.57. The van der Waals surface area contributed by atoms with Gasteiger partial charge in [-0.2, -0.15) is 0 Å². The van der Waals surface area contributed by atoms with E-state index in [1.165, 1.54) is 12.1 Å². The summed E-state index contributed by atoms with van der Waals surface area (Å²) in [5.41, 5.74) is -0.166. The van der Waals surface area contributed by atoms with Gasteiger partial charge in [-0.25, -0.2) is 4.39 Å². The topological polar surface area (TPSA) is 77.8 Å². The summed E-state index contributed by atoms with van der Waals surface area (Å²) in [5.74, 6) is -1.34. The van der Waals surface area contributed by atoms with E-state index < -0.39 is 17.5 Å². The monoisotopic (exact) mass is 351 g/mol. The van der Waals surface area contributed by atoms with E-state index in [-0.39, 0.29) is 24.7 Å². The molecule has 1 amide bonds. The highest BCUT2D eigenvalue weighted by Gasteiger charge is 2.48. The number of likely N-dealkylation sites (tertiary alicyclic amines) is 1. The SMILES string of the molecule is CCC[C@]1(C(=O)O)CCN(C(=O)CCCc2ccc(F)cc2)C[C@H]1O. The molecular formula is C19H26FNO4. The molecule has 1 saturated heterocycles. The fraction of sp³-hybridized carbons (Fsp3) is 0.579. The van der Waals surface area contributed by atoms with Gasteiger partial charge in [0.25, 0.3) is 0 Å². The van der Waals surface area contributed by atoms with Crippen LogP contribution in [0.5, 0.6) is 0 Å². The number of halogens is 1. The third-order valence-corrected chi connectivity index (χ3v) is 5.10. The van der Waals surface area contributed by atoms with E-state index in [0.29, 0.717) is 38.6 Å². The Balaban J connectivity index is 1.85. The van der Waals surface area contributed by atoms with Crippen LogP contribution < -0.4 is 0 Å². The molecule has 0 saturated carbocycles. The van der Waals surface area contributed by atoms with Crippen molar-refractivity contribution in [1.82, 2.24) is 4.90 Å². The Morgan fingerprint density at radius 1 is 1.32 bits per heavy atom. The Kier molecular flexibility index (Phi) is 6.53. The zero-order chi connectivity index (χ0) is 18.4. The van der Waals surface area contributed by atoms with Gasteiger partial charge in [-0.3, -0.25) is 9.59 Å². The number of carbonyl (C=O) groups is 2. The fourth-order valence-electron chi connectivity index (χ4n) is 3.55. The van der Waals surface area contributed by atoms with Crippen molar-refractivity contribution in [3.05, 3.63) is 35.6 Å². The van der Waals surface area contributed by atoms with E-state index >= 15 is 0 Å². The molecule has 2 rings (SSSR count). The quantitative estimate of drug-likeness (QED) is 0.792. The molecule has 1 fully saturated rings. The Morgan fingerprint density at radius 3 is 2.56 bits per heavy atom. The number of carboxylic acids is 1. The molecule has 0 aromatic heterocycles. The number of β-amino-alcohol motifs (C(OH)–C–C–N with tert-alkyl or cyclic N) is 1. The smallest absolute Gasteiger partial charge is 0.312 e. The minimum atomic E-state index is -1.14. The van der Waals surface area contributed by atoms with Crippen LogP contribution in [0.2, 0.25) is 0 Å². The molecule has 0 unspecified atom stereocenters. The van der Waals surface area contributed by atoms with Gasteiger partial charge in [0.2, 0.25) is 5.91 Å². The van der Waals surface area contributed by atoms with Gasteiger partial charge in [-0.1, -0.05) is 25.5 Å². The number of hydrogen-bond acceptors (Lipinski definition) is 3. The van der Waals surface area contributed by atoms with Crippen molar-refractivity contribution >= 4 is 11.9 Å². The van der Waals surface area contributed by atoms with E-state index in [0.717, 1.165) is 5.56 Å². The number of aliphatic hydroxyl groups is 1. The Labute approximate surface area is 147 Å². The highest BCUT2D eigenvalue weighted by atomic mass is 19.1. The molecule has 5 nitrogen and oxygen atoms in total. The zero-order valence-corrected chi connectivity index (χ0v) is 14.6. The van der Waals surface area contributed by atoms with Crippen LogP contribution in [0.3, 0.4) is 0 Å². The summed E-state index contributed by atoms with van der Waals surface area (Å²) in [6.07, 6.45) is 1.97. The number of aryl methyl sites for hydroxylation is 1. The summed E-state index contributed by atoms with van der Waals surface area (Å²) in [6, 6.07) is 6.21. The molecule has 0 bridgehead atoms. The minimum absolute atomic E-state index is 0.0711. The lowest BCUT2D eigenvalue weighted by Crippen LogP contribution is -2.56. The van der Waals surface area contributed by atoms with Gasteiger partial charge in [0.15, 0.2) is 0 Å². The van der Waals surface area contributed by atoms with Crippen LogP contribution >= 0.6 is 0 Å². The number of carbonyl (C=O) groups excluding carboxylic acids is 1. The average molecular weight is 351 g/mol. The van der Waals surface area contributed by atoms with Crippen LogP contribution in [0, 0.1) is 11.2 Å². The first-order valence-corrected chi connectivity index (χ1v) is 8.82. The van der Waals surface area contributed by atoms with Crippen LogP contribution in [0.25, 0.3) is 0 Å². The molecular weight excluding hydrogens is 325 g/mol. The third-order valence-electron chi connectivity index (χ3n) is 5.10. The number of rotatable bonds is 7. The van der Waals surface area contributed by atoms with Crippen molar-refractivity contribution in [2.75, 3.05) is 13.1 Å². The standard InChI is InChI=1S/C19H26FNO4/c1-2-10-19(18(24)25)11-12-21(13-16(19)22)17(23)5-3-4-14-6-8-15(20)9-7-14/h6-9,16,22H,2-5,10-13H2,1H3,(H,24,25)/t16-,19+/m1/s1. The molecule has 1 aliphatic rings.